The highest BCUT2D eigenvalue weighted by molar-refractivity contribution is 5.05. The molecular formula is C16H29N3O. The summed E-state index contributed by atoms with van der Waals surface area (Å²) in [5.41, 5.74) is 0. The fraction of sp³-hybridized carbons (Fsp3) is 0.750. The van der Waals surface area contributed by atoms with E-state index in [2.05, 4.69) is 42.6 Å². The van der Waals surface area contributed by atoms with Gasteiger partial charge in [0.05, 0.1) is 12.3 Å². The summed E-state index contributed by atoms with van der Waals surface area (Å²) in [7, 11) is 4.20. The lowest BCUT2D eigenvalue weighted by Crippen LogP contribution is -2.42. The van der Waals surface area contributed by atoms with Crippen molar-refractivity contribution in [2.24, 2.45) is 0 Å². The average Bonchev–Trinajstić information content (AvgIpc) is 2.93. The van der Waals surface area contributed by atoms with E-state index in [0.29, 0.717) is 18.1 Å². The number of piperidine rings is 1. The zero-order valence-electron chi connectivity index (χ0n) is 13.1. The Hall–Kier alpha value is -0.840. The molecule has 20 heavy (non-hydrogen) atoms. The van der Waals surface area contributed by atoms with Crippen LogP contribution in [0.2, 0.25) is 0 Å². The second-order valence-corrected chi connectivity index (χ2v) is 6.19. The predicted molar refractivity (Wildman–Crippen MR) is 82.9 cm³/mol. The molecule has 3 atom stereocenters. The van der Waals surface area contributed by atoms with E-state index in [0.717, 1.165) is 12.3 Å². The Morgan fingerprint density at radius 3 is 2.90 bits per heavy atom. The number of rotatable bonds is 7. The lowest BCUT2D eigenvalue weighted by Gasteiger charge is -2.29. The first-order valence-electron chi connectivity index (χ1n) is 7.83. The van der Waals surface area contributed by atoms with Gasteiger partial charge >= 0.3 is 0 Å². The van der Waals surface area contributed by atoms with E-state index in [-0.39, 0.29) is 0 Å². The molecule has 2 N–H and O–H groups in total. The monoisotopic (exact) mass is 279 g/mol. The van der Waals surface area contributed by atoms with E-state index in [1.807, 2.05) is 6.07 Å². The third-order valence-corrected chi connectivity index (χ3v) is 4.21. The topological polar surface area (TPSA) is 40.4 Å². The summed E-state index contributed by atoms with van der Waals surface area (Å²) >= 11 is 0. The number of nitrogens with zero attached hydrogens (tertiary/aromatic N) is 1. The van der Waals surface area contributed by atoms with E-state index >= 15 is 0 Å². The highest BCUT2D eigenvalue weighted by atomic mass is 16.3. The van der Waals surface area contributed by atoms with Crippen LogP contribution in [0.1, 0.15) is 44.4 Å². The van der Waals surface area contributed by atoms with E-state index in [1.165, 1.54) is 32.2 Å². The molecule has 0 bridgehead atoms. The van der Waals surface area contributed by atoms with Crippen molar-refractivity contribution in [2.75, 3.05) is 27.2 Å². The first-order valence-corrected chi connectivity index (χ1v) is 7.83. The predicted octanol–water partition coefficient (Wildman–Crippen LogP) is 2.39. The minimum Gasteiger partial charge on any atom is -0.468 e. The van der Waals surface area contributed by atoms with E-state index in [1.54, 1.807) is 6.26 Å². The van der Waals surface area contributed by atoms with Gasteiger partial charge in [-0.25, -0.2) is 0 Å². The van der Waals surface area contributed by atoms with Crippen LogP contribution in [0.25, 0.3) is 0 Å². The zero-order valence-corrected chi connectivity index (χ0v) is 13.1. The van der Waals surface area contributed by atoms with Crippen LogP contribution in [0.4, 0.5) is 0 Å². The number of hydrogen-bond donors (Lipinski definition) is 2. The maximum absolute atomic E-state index is 5.55. The second kappa shape index (κ2) is 7.81. The Balaban J connectivity index is 1.77. The Labute approximate surface area is 122 Å². The lowest BCUT2D eigenvalue weighted by molar-refractivity contribution is 0.239. The summed E-state index contributed by atoms with van der Waals surface area (Å²) in [4.78, 5) is 2.21. The lowest BCUT2D eigenvalue weighted by atomic mass is 9.98. The van der Waals surface area contributed by atoms with Crippen LogP contribution in [0.15, 0.2) is 22.8 Å². The molecule has 0 radical (unpaired) electrons. The van der Waals surface area contributed by atoms with E-state index in [4.69, 9.17) is 4.42 Å². The average molecular weight is 279 g/mol. The van der Waals surface area contributed by atoms with E-state index < -0.39 is 0 Å². The molecule has 0 amide bonds. The van der Waals surface area contributed by atoms with E-state index in [9.17, 15) is 0 Å². The Kier molecular flexibility index (Phi) is 6.07. The molecule has 114 valence electrons. The molecule has 2 heterocycles. The molecular weight excluding hydrogens is 250 g/mol. The van der Waals surface area contributed by atoms with Gasteiger partial charge in [0, 0.05) is 18.6 Å². The number of nitrogens with one attached hydrogen (secondary N) is 2. The maximum Gasteiger partial charge on any atom is 0.122 e. The van der Waals surface area contributed by atoms with Crippen LogP contribution in [-0.2, 0) is 0 Å². The summed E-state index contributed by atoms with van der Waals surface area (Å²) in [5, 5.41) is 7.28. The van der Waals surface area contributed by atoms with Crippen LogP contribution in [0.3, 0.4) is 0 Å². The zero-order chi connectivity index (χ0) is 14.4. The Bertz CT molecular complexity index is 358. The number of furan rings is 1. The largest absolute Gasteiger partial charge is 0.468 e. The summed E-state index contributed by atoms with van der Waals surface area (Å²) in [6.07, 6.45) is 6.98. The van der Waals surface area contributed by atoms with Crippen LogP contribution in [-0.4, -0.2) is 44.2 Å². The van der Waals surface area contributed by atoms with Gasteiger partial charge in [0.2, 0.25) is 0 Å². The molecule has 0 aliphatic carbocycles. The van der Waals surface area contributed by atoms with Crippen molar-refractivity contribution in [3.8, 4) is 0 Å². The fourth-order valence-electron chi connectivity index (χ4n) is 2.97. The second-order valence-electron chi connectivity index (χ2n) is 6.19. The molecule has 1 fully saturated rings. The minimum atomic E-state index is 0.298. The first kappa shape index (κ1) is 15.5. The fourth-order valence-corrected chi connectivity index (χ4v) is 2.97. The molecule has 4 nitrogen and oxygen atoms in total. The summed E-state index contributed by atoms with van der Waals surface area (Å²) < 4.78 is 5.55. The maximum atomic E-state index is 5.55. The third-order valence-electron chi connectivity index (χ3n) is 4.21. The molecule has 0 aromatic carbocycles. The van der Waals surface area contributed by atoms with Gasteiger partial charge < -0.3 is 15.1 Å². The molecule has 2 rings (SSSR count). The van der Waals surface area contributed by atoms with Gasteiger partial charge in [-0.2, -0.15) is 0 Å². The van der Waals surface area contributed by atoms with Crippen molar-refractivity contribution in [1.29, 1.82) is 0 Å². The highest BCUT2D eigenvalue weighted by Gasteiger charge is 2.19. The number of likely N-dealkylation sites (N-methyl/N-ethyl adjacent to an activating group) is 1. The Morgan fingerprint density at radius 2 is 2.30 bits per heavy atom. The van der Waals surface area contributed by atoms with Crippen molar-refractivity contribution >= 4 is 0 Å². The van der Waals surface area contributed by atoms with Crippen molar-refractivity contribution < 1.29 is 4.42 Å². The van der Waals surface area contributed by atoms with Gasteiger partial charge in [0.25, 0.3) is 0 Å². The van der Waals surface area contributed by atoms with Gasteiger partial charge in [-0.3, -0.25) is 4.90 Å². The first-order chi connectivity index (χ1) is 9.66. The summed E-state index contributed by atoms with van der Waals surface area (Å²) in [6.45, 7) is 4.39. The van der Waals surface area contributed by atoms with Gasteiger partial charge in [0.15, 0.2) is 0 Å². The molecule has 0 saturated carbocycles. The molecule has 0 spiro atoms. The van der Waals surface area contributed by atoms with Crippen molar-refractivity contribution in [1.82, 2.24) is 15.5 Å². The van der Waals surface area contributed by atoms with Crippen molar-refractivity contribution in [3.63, 3.8) is 0 Å². The van der Waals surface area contributed by atoms with Gasteiger partial charge in [-0.05, 0) is 59.0 Å². The van der Waals surface area contributed by atoms with Crippen LogP contribution in [0, 0.1) is 0 Å². The van der Waals surface area contributed by atoms with Crippen molar-refractivity contribution in [3.05, 3.63) is 24.2 Å². The van der Waals surface area contributed by atoms with Crippen molar-refractivity contribution in [2.45, 2.75) is 50.7 Å². The molecule has 1 aromatic rings. The molecule has 1 aromatic heterocycles. The SMILES string of the molecule is CC(CC1CCCCN1)NCC(c1ccco1)N(C)C. The smallest absolute Gasteiger partial charge is 0.122 e. The molecule has 1 aliphatic heterocycles. The standard InChI is InChI=1S/C16H29N3O/c1-13(11-14-7-4-5-9-17-14)18-12-15(19(2)3)16-8-6-10-20-16/h6,8,10,13-15,17-18H,4-5,7,9,11-12H2,1-3H3. The van der Waals surface area contributed by atoms with Gasteiger partial charge in [-0.15, -0.1) is 0 Å². The normalized spacial score (nSPS) is 22.9. The van der Waals surface area contributed by atoms with Crippen LogP contribution in [0.5, 0.6) is 0 Å². The molecule has 1 aliphatic rings. The molecule has 4 heteroatoms. The van der Waals surface area contributed by atoms with Gasteiger partial charge in [0.1, 0.15) is 5.76 Å². The quantitative estimate of drug-likeness (QED) is 0.804. The number of hydrogen-bond acceptors (Lipinski definition) is 4. The third kappa shape index (κ3) is 4.62. The van der Waals surface area contributed by atoms with Crippen LogP contribution < -0.4 is 10.6 Å². The summed E-state index contributed by atoms with van der Waals surface area (Å²) in [6, 6.07) is 5.53. The van der Waals surface area contributed by atoms with Crippen LogP contribution >= 0.6 is 0 Å². The Morgan fingerprint density at radius 1 is 1.45 bits per heavy atom. The molecule has 1 saturated heterocycles. The van der Waals surface area contributed by atoms with Gasteiger partial charge in [-0.1, -0.05) is 6.42 Å². The minimum absolute atomic E-state index is 0.298. The highest BCUT2D eigenvalue weighted by Crippen LogP contribution is 2.18. The summed E-state index contributed by atoms with van der Waals surface area (Å²) in [5.74, 6) is 1.03. The molecule has 3 unspecified atom stereocenters.